The van der Waals surface area contributed by atoms with Crippen molar-refractivity contribution < 1.29 is 4.42 Å². The molecule has 0 radical (unpaired) electrons. The van der Waals surface area contributed by atoms with Crippen molar-refractivity contribution in [2.75, 3.05) is 0 Å². The third kappa shape index (κ3) is 11.4. The first-order valence-corrected chi connectivity index (χ1v) is 47.9. The minimum absolute atomic E-state index is 0.775. The maximum absolute atomic E-state index is 6.59. The molecule has 0 aliphatic heterocycles. The average Bonchev–Trinajstić information content (AvgIpc) is 1.56. The Morgan fingerprint density at radius 1 is 0.156 bits per heavy atom. The van der Waals surface area contributed by atoms with E-state index in [1.54, 1.807) is 0 Å². The number of pyridine rings is 4. The first kappa shape index (κ1) is 78.1. The van der Waals surface area contributed by atoms with Crippen LogP contribution in [-0.4, -0.2) is 56.5 Å². The zero-order valence-corrected chi connectivity index (χ0v) is 75.8. The second-order valence-electron chi connectivity index (χ2n) is 36.6. The Hall–Kier alpha value is -19.2. The molecule has 0 saturated carbocycles. The molecule has 656 valence electrons. The monoisotopic (exact) mass is 1800 g/mol. The van der Waals surface area contributed by atoms with Gasteiger partial charge in [0.15, 0.2) is 17.5 Å². The van der Waals surface area contributed by atoms with Crippen LogP contribution in [0.4, 0.5) is 0 Å². The molecule has 13 aromatic heterocycles. The fraction of sp³-hybridized carbons (Fsp3) is 0. The van der Waals surface area contributed by atoms with Gasteiger partial charge < -0.3 is 22.7 Å². The molecular weight excluding hydrogens is 1720 g/mol. The maximum Gasteiger partial charge on any atom is 0.165 e. The van der Waals surface area contributed by atoms with Crippen LogP contribution in [0.15, 0.2) is 478 Å². The molecule has 0 N–H and O–H groups in total. The zero-order chi connectivity index (χ0) is 92.2. The number of hydrogen-bond acceptors (Lipinski definition) is 5. The lowest BCUT2D eigenvalue weighted by atomic mass is 9.92. The van der Waals surface area contributed by atoms with Crippen molar-refractivity contribution >= 4 is 196 Å². The van der Waals surface area contributed by atoms with Gasteiger partial charge in [0, 0.05) is 144 Å². The molecule has 0 amide bonds. The third-order valence-electron chi connectivity index (χ3n) is 29.3. The molecule has 0 aliphatic carbocycles. The number of para-hydroxylation sites is 15. The summed E-state index contributed by atoms with van der Waals surface area (Å²) in [6.07, 6.45) is 7.81. The molecule has 0 bridgehead atoms. The summed E-state index contributed by atoms with van der Waals surface area (Å²) >= 11 is 0. The molecule has 31 rings (SSSR count). The van der Waals surface area contributed by atoms with Crippen molar-refractivity contribution in [3.63, 3.8) is 0 Å². The van der Waals surface area contributed by atoms with E-state index in [1.807, 2.05) is 30.9 Å². The number of fused-ring (bicyclic) bond motifs is 27. The number of benzene rings is 18. The Kier molecular flexibility index (Phi) is 17.0. The molecule has 0 aliphatic rings. The van der Waals surface area contributed by atoms with Crippen LogP contribution in [0.5, 0.6) is 0 Å². The van der Waals surface area contributed by atoms with Crippen LogP contribution in [0.25, 0.3) is 276 Å². The second kappa shape index (κ2) is 30.6. The molecule has 0 spiro atoms. The summed E-state index contributed by atoms with van der Waals surface area (Å²) in [5.41, 5.74) is 29.1. The Balaban J connectivity index is 0.000000132. The van der Waals surface area contributed by atoms with Crippen LogP contribution in [0, 0.1) is 0 Å². The summed E-state index contributed by atoms with van der Waals surface area (Å²) < 4.78 is 26.0. The highest BCUT2D eigenvalue weighted by Crippen LogP contribution is 2.54. The van der Waals surface area contributed by atoms with E-state index in [1.165, 1.54) is 54.1 Å². The maximum atomic E-state index is 6.59. The molecule has 0 saturated heterocycles. The zero-order valence-electron chi connectivity index (χ0n) is 75.8. The van der Waals surface area contributed by atoms with Crippen molar-refractivity contribution in [2.45, 2.75) is 0 Å². The number of aromatic nitrogens is 12. The lowest BCUT2D eigenvalue weighted by Crippen LogP contribution is -2.16. The van der Waals surface area contributed by atoms with E-state index in [4.69, 9.17) is 24.4 Å². The van der Waals surface area contributed by atoms with E-state index in [2.05, 4.69) is 479 Å². The van der Waals surface area contributed by atoms with Crippen molar-refractivity contribution in [2.24, 2.45) is 0 Å². The normalized spacial score (nSPS) is 12.1. The smallest absolute Gasteiger partial charge is 0.165 e. The summed E-state index contributed by atoms with van der Waals surface area (Å²) in [6.45, 7) is 0. The lowest BCUT2D eigenvalue weighted by molar-refractivity contribution is 0.669. The summed E-state index contributed by atoms with van der Waals surface area (Å²) in [6, 6.07) is 162. The Bertz CT molecular complexity index is 10000. The van der Waals surface area contributed by atoms with Crippen LogP contribution in [-0.2, 0) is 0 Å². The third-order valence-corrected chi connectivity index (χ3v) is 29.3. The van der Waals surface area contributed by atoms with Gasteiger partial charge in [-0.15, -0.1) is 0 Å². The largest absolute Gasteiger partial charge is 0.456 e. The van der Waals surface area contributed by atoms with Crippen LogP contribution in [0.3, 0.4) is 0 Å². The molecule has 13 nitrogen and oxygen atoms in total. The molecule has 0 atom stereocenters. The van der Waals surface area contributed by atoms with Gasteiger partial charge >= 0.3 is 0 Å². The highest BCUT2D eigenvalue weighted by atomic mass is 16.3. The van der Waals surface area contributed by atoms with Gasteiger partial charge in [-0.2, -0.15) is 0 Å². The van der Waals surface area contributed by atoms with Crippen LogP contribution in [0.2, 0.25) is 0 Å². The summed E-state index contributed by atoms with van der Waals surface area (Å²) in [7, 11) is 0. The lowest BCUT2D eigenvalue weighted by Gasteiger charge is -2.27. The molecule has 18 aromatic carbocycles. The predicted octanol–water partition coefficient (Wildman–Crippen LogP) is 32.6. The van der Waals surface area contributed by atoms with Gasteiger partial charge in [-0.25, -0.2) is 9.97 Å². The second-order valence-corrected chi connectivity index (χ2v) is 36.6. The van der Waals surface area contributed by atoms with Gasteiger partial charge in [-0.05, 0) is 144 Å². The van der Waals surface area contributed by atoms with E-state index in [0.717, 1.165) is 222 Å². The van der Waals surface area contributed by atoms with E-state index in [0.29, 0.717) is 0 Å². The molecule has 0 unspecified atom stereocenters. The van der Waals surface area contributed by atoms with Crippen LogP contribution >= 0.6 is 0 Å². The molecular formula is C128H78N12O. The van der Waals surface area contributed by atoms with E-state index >= 15 is 0 Å². The van der Waals surface area contributed by atoms with Gasteiger partial charge in [0.2, 0.25) is 0 Å². The molecule has 0 fully saturated rings. The minimum atomic E-state index is 0.775. The number of furan rings is 1. The van der Waals surface area contributed by atoms with E-state index in [-0.39, 0.29) is 0 Å². The van der Waals surface area contributed by atoms with Gasteiger partial charge in [-0.3, -0.25) is 28.2 Å². The summed E-state index contributed by atoms with van der Waals surface area (Å²) in [5, 5.41) is 20.5. The Morgan fingerprint density at radius 2 is 0.397 bits per heavy atom. The fourth-order valence-electron chi connectivity index (χ4n) is 23.5. The Morgan fingerprint density at radius 3 is 0.738 bits per heavy atom. The topological polar surface area (TPSA) is 104 Å². The van der Waals surface area contributed by atoms with E-state index in [9.17, 15) is 0 Å². The quantitative estimate of drug-likeness (QED) is 0.128. The van der Waals surface area contributed by atoms with Gasteiger partial charge in [0.25, 0.3) is 0 Å². The highest BCUT2D eigenvalue weighted by molar-refractivity contribution is 6.20. The SMILES string of the molecule is c1ccc(-c2c(-c3ccc(-n4c5ccccc5c5ccccc54)cc3)c(-n3c4ccccc4c4ccccc43)nc(-n3c4ccccc4c4ccccc43)c2-n2c3ccccc3c3ccccc32)cc1.c1ccc2c(c1)oc1ccc(-c3c(-n4c5ccccc5c5cnccc54)c(-n4c5ccccc5c5ccccc54)nc(-n4c5ccccc5c5ccccc54)c3-n3c4ccccc4c4cnccc43)cc12. The fourth-order valence-corrected chi connectivity index (χ4v) is 23.5. The van der Waals surface area contributed by atoms with Crippen LogP contribution < -0.4 is 0 Å². The highest BCUT2D eigenvalue weighted by Gasteiger charge is 2.36. The van der Waals surface area contributed by atoms with Crippen LogP contribution in [0.1, 0.15) is 0 Å². The van der Waals surface area contributed by atoms with Gasteiger partial charge in [0.1, 0.15) is 28.4 Å². The average molecular weight is 1800 g/mol. The van der Waals surface area contributed by atoms with Crippen molar-refractivity contribution in [3.05, 3.63) is 474 Å². The first-order chi connectivity index (χ1) is 70.1. The number of nitrogens with zero attached hydrogens (tertiary/aromatic N) is 12. The molecule has 31 aromatic rings. The van der Waals surface area contributed by atoms with Crippen molar-refractivity contribution in [3.8, 4) is 79.4 Å². The van der Waals surface area contributed by atoms with E-state index < -0.39 is 0 Å². The summed E-state index contributed by atoms with van der Waals surface area (Å²) in [5.74, 6) is 3.24. The standard InChI is InChI=1S/C65H41N5.C63H37N7O/c1-2-20-42(21-3-1)61-62(43-38-40-44(41-39-43)67-53-30-12-4-22-45(53)46-23-5-13-31-54(46)67)64(69-57-34-16-8-26-49(57)50-27-9-17-35-58(50)69)66-65(70-59-36-18-10-28-51(59)52-29-11-19-37-60(52)70)63(61)68-55-32-14-6-24-47(55)48-25-7-15-33-56(48)68;1-10-24-51-39(15-1)40-16-2-11-25-52(40)69(51)62-60(67-49-22-8-5-19-43(49)47-36-64-33-31-55(47)67)59(38-29-30-58-46(35-38)45-21-7-14-28-57(45)71-58)61(68-50-23-9-6-20-44(50)48-37-65-34-32-56(48)68)63(66-62)70-53-26-12-3-17-41(53)42-18-4-13-27-54(42)70/h1-41H;1-37H. The van der Waals surface area contributed by atoms with Gasteiger partial charge in [0.05, 0.1) is 94.0 Å². The molecule has 13 heterocycles. The molecule has 13 heteroatoms. The Labute approximate surface area is 804 Å². The van der Waals surface area contributed by atoms with Gasteiger partial charge in [-0.1, -0.05) is 322 Å². The first-order valence-electron chi connectivity index (χ1n) is 47.9. The molecule has 141 heavy (non-hydrogen) atoms. The minimum Gasteiger partial charge on any atom is -0.456 e. The predicted molar refractivity (Wildman–Crippen MR) is 582 cm³/mol. The van der Waals surface area contributed by atoms with Crippen molar-refractivity contribution in [1.29, 1.82) is 0 Å². The summed E-state index contributed by atoms with van der Waals surface area (Å²) in [4.78, 5) is 22.0. The number of hydrogen-bond donors (Lipinski definition) is 0. The number of rotatable bonds is 11. The van der Waals surface area contributed by atoms with Crippen molar-refractivity contribution in [1.82, 2.24) is 56.5 Å².